The number of benzene rings is 3. The second-order valence-electron chi connectivity index (χ2n) is 8.34. The third-order valence-electron chi connectivity index (χ3n) is 5.83. The molecule has 1 unspecified atom stereocenters. The van der Waals surface area contributed by atoms with Crippen molar-refractivity contribution in [1.29, 1.82) is 0 Å². The van der Waals surface area contributed by atoms with Crippen molar-refractivity contribution in [2.75, 3.05) is 10.6 Å². The number of amides is 2. The molecule has 1 aliphatic rings. The van der Waals surface area contributed by atoms with Crippen molar-refractivity contribution in [1.82, 2.24) is 15.5 Å². The van der Waals surface area contributed by atoms with Gasteiger partial charge in [-0.25, -0.2) is 4.99 Å². The second-order valence-corrected chi connectivity index (χ2v) is 8.34. The second kappa shape index (κ2) is 9.71. The molecular formula is C28H24N6O2. The van der Waals surface area contributed by atoms with Gasteiger partial charge in [-0.3, -0.25) is 14.7 Å². The molecule has 2 heterocycles. The Hall–Kier alpha value is -4.98. The number of rotatable bonds is 6. The van der Waals surface area contributed by atoms with Crippen LogP contribution in [0.25, 0.3) is 5.70 Å². The van der Waals surface area contributed by atoms with Crippen LogP contribution in [0.3, 0.4) is 0 Å². The maximum atomic E-state index is 13.0. The van der Waals surface area contributed by atoms with Gasteiger partial charge < -0.3 is 16.0 Å². The molecule has 1 aliphatic heterocycles. The minimum absolute atomic E-state index is 0.182. The van der Waals surface area contributed by atoms with Crippen molar-refractivity contribution >= 4 is 34.7 Å². The highest BCUT2D eigenvalue weighted by molar-refractivity contribution is 6.20. The average molecular weight is 477 g/mol. The van der Waals surface area contributed by atoms with Crippen LogP contribution < -0.4 is 16.0 Å². The number of hydrogen-bond acceptors (Lipinski definition) is 5. The number of anilines is 2. The summed E-state index contributed by atoms with van der Waals surface area (Å²) < 4.78 is 0. The number of para-hydroxylation sites is 1. The van der Waals surface area contributed by atoms with Gasteiger partial charge in [-0.15, -0.1) is 0 Å². The van der Waals surface area contributed by atoms with E-state index in [2.05, 4.69) is 37.7 Å². The number of carbonyl (C=O) groups excluding carboxylic acids is 2. The number of nitrogens with zero attached hydrogens (tertiary/aromatic N) is 2. The number of fused-ring (bicyclic) bond motifs is 1. The predicted molar refractivity (Wildman–Crippen MR) is 141 cm³/mol. The molecule has 0 fully saturated rings. The highest BCUT2D eigenvalue weighted by atomic mass is 16.2. The number of carbonyl (C=O) groups is 2. The molecule has 0 saturated heterocycles. The quantitative estimate of drug-likeness (QED) is 0.332. The third-order valence-corrected chi connectivity index (χ3v) is 5.83. The summed E-state index contributed by atoms with van der Waals surface area (Å²) in [5, 5.41) is 15.6. The first-order chi connectivity index (χ1) is 17.5. The molecule has 1 atom stereocenters. The lowest BCUT2D eigenvalue weighted by molar-refractivity contribution is -0.117. The van der Waals surface area contributed by atoms with Crippen molar-refractivity contribution in [3.05, 3.63) is 119 Å². The van der Waals surface area contributed by atoms with E-state index in [1.807, 2.05) is 85.8 Å². The van der Waals surface area contributed by atoms with Gasteiger partial charge in [0.05, 0.1) is 11.4 Å². The fourth-order valence-electron chi connectivity index (χ4n) is 4.02. The number of nitrogens with one attached hydrogen (secondary N) is 4. The normalized spacial score (nSPS) is 14.6. The van der Waals surface area contributed by atoms with Crippen LogP contribution in [-0.2, 0) is 4.79 Å². The van der Waals surface area contributed by atoms with Crippen LogP contribution in [0.2, 0.25) is 0 Å². The zero-order valence-corrected chi connectivity index (χ0v) is 19.6. The third kappa shape index (κ3) is 4.65. The van der Waals surface area contributed by atoms with Gasteiger partial charge in [0.1, 0.15) is 5.69 Å². The van der Waals surface area contributed by atoms with Crippen LogP contribution in [0.4, 0.5) is 11.5 Å². The lowest BCUT2D eigenvalue weighted by Crippen LogP contribution is -2.42. The minimum Gasteiger partial charge on any atom is -0.339 e. The highest BCUT2D eigenvalue weighted by Crippen LogP contribution is 2.24. The molecule has 4 N–H and O–H groups in total. The van der Waals surface area contributed by atoms with Gasteiger partial charge in [-0.2, -0.15) is 5.10 Å². The zero-order valence-electron chi connectivity index (χ0n) is 19.6. The van der Waals surface area contributed by atoms with E-state index in [1.54, 1.807) is 6.07 Å². The molecule has 4 aromatic rings. The maximum absolute atomic E-state index is 13.0. The van der Waals surface area contributed by atoms with E-state index in [4.69, 9.17) is 0 Å². The summed E-state index contributed by atoms with van der Waals surface area (Å²) in [5.41, 5.74) is 5.70. The molecule has 36 heavy (non-hydrogen) atoms. The van der Waals surface area contributed by atoms with E-state index in [0.717, 1.165) is 22.3 Å². The molecule has 0 spiro atoms. The van der Waals surface area contributed by atoms with Gasteiger partial charge in [-0.1, -0.05) is 79.4 Å². The van der Waals surface area contributed by atoms with Gasteiger partial charge in [0, 0.05) is 28.5 Å². The average Bonchev–Trinajstić information content (AvgIpc) is 3.31. The first-order valence-electron chi connectivity index (χ1n) is 11.4. The molecule has 5 rings (SSSR count). The van der Waals surface area contributed by atoms with Crippen LogP contribution in [0.5, 0.6) is 0 Å². The molecule has 0 aliphatic carbocycles. The number of benzodiazepines with no additional fused rings is 1. The first kappa shape index (κ1) is 22.8. The van der Waals surface area contributed by atoms with Crippen molar-refractivity contribution < 1.29 is 9.59 Å². The lowest BCUT2D eigenvalue weighted by atomic mass is 10.0. The summed E-state index contributed by atoms with van der Waals surface area (Å²) in [7, 11) is 0. The van der Waals surface area contributed by atoms with Gasteiger partial charge in [-0.05, 0) is 18.6 Å². The summed E-state index contributed by atoms with van der Waals surface area (Å²) in [6.07, 6.45) is -1.14. The molecular weight excluding hydrogens is 452 g/mol. The molecule has 8 heteroatoms. The van der Waals surface area contributed by atoms with E-state index in [0.29, 0.717) is 22.9 Å². The van der Waals surface area contributed by atoms with Crippen LogP contribution in [0.15, 0.2) is 96.5 Å². The SMILES string of the molecule is C=C(Nc1cc(C(=O)NC2N=C(c3ccccc3)c3ccccc3NC2=O)[nH]n1)c1ccccc1C. The van der Waals surface area contributed by atoms with E-state index in [-0.39, 0.29) is 5.69 Å². The molecule has 3 aromatic carbocycles. The highest BCUT2D eigenvalue weighted by Gasteiger charge is 2.27. The van der Waals surface area contributed by atoms with Gasteiger partial charge in [0.15, 0.2) is 5.82 Å². The maximum Gasteiger partial charge on any atom is 0.271 e. The Morgan fingerprint density at radius 3 is 2.50 bits per heavy atom. The Labute approximate surface area is 208 Å². The standard InChI is InChI=1S/C28H24N6O2/c1-17-10-6-7-13-20(17)18(2)29-24-16-23(33-34-24)27(35)32-26-28(36)30-22-15-9-8-14-21(22)25(31-26)19-11-4-3-5-12-19/h3-16,26H,2H2,1H3,(H,30,36)(H,32,35)(H2,29,33,34). The van der Waals surface area contributed by atoms with Crippen molar-refractivity contribution in [2.24, 2.45) is 4.99 Å². The molecule has 0 bridgehead atoms. The van der Waals surface area contributed by atoms with E-state index < -0.39 is 18.0 Å². The number of aryl methyl sites for hydroxylation is 1. The first-order valence-corrected chi connectivity index (χ1v) is 11.4. The van der Waals surface area contributed by atoms with Gasteiger partial charge in [0.25, 0.3) is 11.8 Å². The van der Waals surface area contributed by atoms with Crippen LogP contribution in [0, 0.1) is 6.92 Å². The summed E-state index contributed by atoms with van der Waals surface area (Å²) in [6.45, 7) is 6.06. The number of aromatic amines is 1. The topological polar surface area (TPSA) is 111 Å². The van der Waals surface area contributed by atoms with E-state index in [9.17, 15) is 9.59 Å². The predicted octanol–water partition coefficient (Wildman–Crippen LogP) is 4.35. The Bertz CT molecular complexity index is 1490. The summed E-state index contributed by atoms with van der Waals surface area (Å²) in [6, 6.07) is 26.3. The summed E-state index contributed by atoms with van der Waals surface area (Å²) >= 11 is 0. The van der Waals surface area contributed by atoms with Gasteiger partial charge >= 0.3 is 0 Å². The van der Waals surface area contributed by atoms with Crippen LogP contribution in [0.1, 0.15) is 32.7 Å². The smallest absolute Gasteiger partial charge is 0.271 e. The van der Waals surface area contributed by atoms with Gasteiger partial charge in [0.2, 0.25) is 6.17 Å². The fraction of sp³-hybridized carbons (Fsp3) is 0.0714. The Morgan fingerprint density at radius 2 is 1.69 bits per heavy atom. The molecule has 1 aromatic heterocycles. The Morgan fingerprint density at radius 1 is 0.972 bits per heavy atom. The number of hydrogen-bond donors (Lipinski definition) is 4. The molecule has 2 amide bonds. The lowest BCUT2D eigenvalue weighted by Gasteiger charge is -2.12. The number of aliphatic imine (C=N–C) groups is 1. The summed E-state index contributed by atoms with van der Waals surface area (Å²) in [5.74, 6) is -0.522. The monoisotopic (exact) mass is 476 g/mol. The Balaban J connectivity index is 1.37. The number of H-pyrrole nitrogens is 1. The van der Waals surface area contributed by atoms with E-state index in [1.165, 1.54) is 0 Å². The van der Waals surface area contributed by atoms with Crippen LogP contribution >= 0.6 is 0 Å². The number of aromatic nitrogens is 2. The molecule has 0 radical (unpaired) electrons. The fourth-order valence-corrected chi connectivity index (χ4v) is 4.02. The van der Waals surface area contributed by atoms with E-state index >= 15 is 0 Å². The van der Waals surface area contributed by atoms with Crippen molar-refractivity contribution in [2.45, 2.75) is 13.1 Å². The largest absolute Gasteiger partial charge is 0.339 e. The molecule has 178 valence electrons. The Kier molecular flexibility index (Phi) is 6.15. The molecule has 0 saturated carbocycles. The van der Waals surface area contributed by atoms with Crippen LogP contribution in [-0.4, -0.2) is 33.9 Å². The molecule has 8 nitrogen and oxygen atoms in total. The minimum atomic E-state index is -1.14. The zero-order chi connectivity index (χ0) is 25.1. The summed E-state index contributed by atoms with van der Waals surface area (Å²) in [4.78, 5) is 30.7. The van der Waals surface area contributed by atoms with Crippen molar-refractivity contribution in [3.8, 4) is 0 Å². The van der Waals surface area contributed by atoms with Crippen molar-refractivity contribution in [3.63, 3.8) is 0 Å².